The average molecular weight is 331 g/mol. The highest BCUT2D eigenvalue weighted by molar-refractivity contribution is 6.39. The van der Waals surface area contributed by atoms with Crippen LogP contribution in [0.25, 0.3) is 0 Å². The van der Waals surface area contributed by atoms with Crippen molar-refractivity contribution in [1.29, 1.82) is 0 Å². The van der Waals surface area contributed by atoms with Crippen molar-refractivity contribution < 1.29 is 23.8 Å². The van der Waals surface area contributed by atoms with Crippen molar-refractivity contribution in [2.75, 3.05) is 12.4 Å². The van der Waals surface area contributed by atoms with Gasteiger partial charge in [-0.25, -0.2) is 9.82 Å². The highest BCUT2D eigenvalue weighted by atomic mass is 19.1. The van der Waals surface area contributed by atoms with Crippen LogP contribution < -0.4 is 15.5 Å². The van der Waals surface area contributed by atoms with Crippen molar-refractivity contribution in [2.45, 2.75) is 0 Å². The van der Waals surface area contributed by atoms with Gasteiger partial charge in [0.25, 0.3) is 0 Å². The van der Waals surface area contributed by atoms with Gasteiger partial charge in [-0.2, -0.15) is 5.10 Å². The van der Waals surface area contributed by atoms with Crippen molar-refractivity contribution in [1.82, 2.24) is 5.43 Å². The van der Waals surface area contributed by atoms with Crippen LogP contribution in [0.1, 0.15) is 5.56 Å². The molecule has 0 atom stereocenters. The lowest BCUT2D eigenvalue weighted by atomic mass is 10.2. The molecule has 2 aromatic rings. The molecule has 0 saturated carbocycles. The van der Waals surface area contributed by atoms with Gasteiger partial charge in [0, 0.05) is 11.3 Å². The van der Waals surface area contributed by atoms with E-state index in [9.17, 15) is 19.1 Å². The summed E-state index contributed by atoms with van der Waals surface area (Å²) in [4.78, 5) is 23.3. The number of aromatic hydroxyl groups is 1. The van der Waals surface area contributed by atoms with E-state index in [0.29, 0.717) is 11.3 Å². The lowest BCUT2D eigenvalue weighted by molar-refractivity contribution is -0.136. The molecule has 0 saturated heterocycles. The first-order valence-electron chi connectivity index (χ1n) is 6.76. The average Bonchev–Trinajstić information content (AvgIpc) is 2.58. The summed E-state index contributed by atoms with van der Waals surface area (Å²) >= 11 is 0. The van der Waals surface area contributed by atoms with Gasteiger partial charge in [-0.1, -0.05) is 0 Å². The standard InChI is InChI=1S/C16H14FN3O4/c1-24-13-6-7-14(21)10(8-13)9-18-20-16(23)15(22)19-12-4-2-11(17)3-5-12/h2-9,21H,1H3,(H,19,22)(H,20,23). The number of benzene rings is 2. The number of ether oxygens (including phenoxy) is 1. The first-order chi connectivity index (χ1) is 11.5. The topological polar surface area (TPSA) is 100 Å². The molecule has 24 heavy (non-hydrogen) atoms. The lowest BCUT2D eigenvalue weighted by Crippen LogP contribution is -2.32. The Hall–Kier alpha value is -3.42. The smallest absolute Gasteiger partial charge is 0.329 e. The molecule has 0 aliphatic carbocycles. The van der Waals surface area contributed by atoms with Gasteiger partial charge >= 0.3 is 11.8 Å². The van der Waals surface area contributed by atoms with E-state index in [2.05, 4.69) is 10.4 Å². The molecule has 0 unspecified atom stereocenters. The minimum atomic E-state index is -1.02. The fourth-order valence-corrected chi connectivity index (χ4v) is 1.70. The SMILES string of the molecule is COc1ccc(O)c(C=NNC(=O)C(=O)Nc2ccc(F)cc2)c1. The molecule has 0 bridgehead atoms. The second kappa shape index (κ2) is 7.73. The number of carbonyl (C=O) groups excluding carboxylic acids is 2. The van der Waals surface area contributed by atoms with Crippen molar-refractivity contribution in [3.05, 3.63) is 53.8 Å². The zero-order chi connectivity index (χ0) is 17.5. The second-order valence-corrected chi connectivity index (χ2v) is 4.58. The van der Waals surface area contributed by atoms with Gasteiger partial charge in [0.2, 0.25) is 0 Å². The first kappa shape index (κ1) is 16.9. The maximum atomic E-state index is 12.8. The number of rotatable bonds is 4. The fourth-order valence-electron chi connectivity index (χ4n) is 1.70. The first-order valence-corrected chi connectivity index (χ1v) is 6.76. The molecule has 0 spiro atoms. The largest absolute Gasteiger partial charge is 0.507 e. The Kier molecular flexibility index (Phi) is 5.45. The number of amides is 2. The molecule has 0 radical (unpaired) electrons. The molecule has 2 aromatic carbocycles. The molecule has 124 valence electrons. The van der Waals surface area contributed by atoms with E-state index in [-0.39, 0.29) is 11.4 Å². The number of nitrogens with one attached hydrogen (secondary N) is 2. The predicted octanol–water partition coefficient (Wildman–Crippen LogP) is 1.63. The molecule has 0 aromatic heterocycles. The third-order valence-electron chi connectivity index (χ3n) is 2.91. The molecular formula is C16H14FN3O4. The Labute approximate surface area is 136 Å². The molecule has 0 fully saturated rings. The molecule has 0 aliphatic rings. The van der Waals surface area contributed by atoms with Gasteiger partial charge in [0.05, 0.1) is 13.3 Å². The predicted molar refractivity (Wildman–Crippen MR) is 85.4 cm³/mol. The van der Waals surface area contributed by atoms with E-state index >= 15 is 0 Å². The van der Waals surface area contributed by atoms with Crippen LogP contribution in [-0.4, -0.2) is 30.2 Å². The second-order valence-electron chi connectivity index (χ2n) is 4.58. The Morgan fingerprint density at radius 2 is 1.88 bits per heavy atom. The summed E-state index contributed by atoms with van der Waals surface area (Å²) in [5.74, 6) is -2.01. The summed E-state index contributed by atoms with van der Waals surface area (Å²) in [6.07, 6.45) is 1.17. The van der Waals surface area contributed by atoms with Crippen LogP contribution in [-0.2, 0) is 9.59 Å². The number of nitrogens with zero attached hydrogens (tertiary/aromatic N) is 1. The number of anilines is 1. The summed E-state index contributed by atoms with van der Waals surface area (Å²) in [7, 11) is 1.47. The van der Waals surface area contributed by atoms with Crippen LogP contribution in [0, 0.1) is 5.82 Å². The third kappa shape index (κ3) is 4.54. The van der Waals surface area contributed by atoms with E-state index in [1.807, 2.05) is 5.43 Å². The molecule has 8 heteroatoms. The van der Waals surface area contributed by atoms with Gasteiger partial charge < -0.3 is 15.2 Å². The number of hydrazone groups is 1. The third-order valence-corrected chi connectivity index (χ3v) is 2.91. The Balaban J connectivity index is 1.94. The van der Waals surface area contributed by atoms with E-state index in [1.165, 1.54) is 37.6 Å². The lowest BCUT2D eigenvalue weighted by Gasteiger charge is -2.04. The Bertz CT molecular complexity index is 775. The highest BCUT2D eigenvalue weighted by Gasteiger charge is 2.12. The molecule has 7 nitrogen and oxygen atoms in total. The number of hydrogen-bond donors (Lipinski definition) is 3. The summed E-state index contributed by atoms with van der Waals surface area (Å²) < 4.78 is 17.8. The van der Waals surface area contributed by atoms with Crippen molar-refractivity contribution in [3.63, 3.8) is 0 Å². The normalized spacial score (nSPS) is 10.4. The molecule has 0 aliphatic heterocycles. The van der Waals surface area contributed by atoms with Crippen LogP contribution in [0.2, 0.25) is 0 Å². The van der Waals surface area contributed by atoms with E-state index in [4.69, 9.17) is 4.74 Å². The number of phenolic OH excluding ortho intramolecular Hbond substituents is 1. The zero-order valence-electron chi connectivity index (χ0n) is 12.6. The van der Waals surface area contributed by atoms with Crippen molar-refractivity contribution in [3.8, 4) is 11.5 Å². The maximum absolute atomic E-state index is 12.8. The fraction of sp³-hybridized carbons (Fsp3) is 0.0625. The van der Waals surface area contributed by atoms with Gasteiger partial charge in [0.1, 0.15) is 17.3 Å². The minimum Gasteiger partial charge on any atom is -0.507 e. The molecule has 2 amide bonds. The number of carbonyl (C=O) groups is 2. The highest BCUT2D eigenvalue weighted by Crippen LogP contribution is 2.20. The molecule has 0 heterocycles. The molecule has 2 rings (SSSR count). The monoisotopic (exact) mass is 331 g/mol. The quantitative estimate of drug-likeness (QED) is 0.450. The van der Waals surface area contributed by atoms with Crippen molar-refractivity contribution in [2.24, 2.45) is 5.10 Å². The molecular weight excluding hydrogens is 317 g/mol. The van der Waals surface area contributed by atoms with E-state index in [0.717, 1.165) is 12.1 Å². The van der Waals surface area contributed by atoms with Crippen LogP contribution in [0.3, 0.4) is 0 Å². The molecule has 3 N–H and O–H groups in total. The maximum Gasteiger partial charge on any atom is 0.329 e. The van der Waals surface area contributed by atoms with Gasteiger partial charge in [-0.3, -0.25) is 9.59 Å². The van der Waals surface area contributed by atoms with E-state index < -0.39 is 17.6 Å². The van der Waals surface area contributed by atoms with Crippen LogP contribution in [0.15, 0.2) is 47.6 Å². The van der Waals surface area contributed by atoms with Crippen LogP contribution >= 0.6 is 0 Å². The number of methoxy groups -OCH3 is 1. The number of hydrogen-bond acceptors (Lipinski definition) is 5. The number of phenols is 1. The van der Waals surface area contributed by atoms with Crippen LogP contribution in [0.4, 0.5) is 10.1 Å². The Morgan fingerprint density at radius 3 is 2.54 bits per heavy atom. The summed E-state index contributed by atoms with van der Waals surface area (Å²) in [6.45, 7) is 0. The summed E-state index contributed by atoms with van der Waals surface area (Å²) in [6, 6.07) is 9.40. The van der Waals surface area contributed by atoms with Crippen molar-refractivity contribution >= 4 is 23.7 Å². The summed E-state index contributed by atoms with van der Waals surface area (Å²) in [5.41, 5.74) is 2.59. The van der Waals surface area contributed by atoms with Gasteiger partial charge in [0.15, 0.2) is 0 Å². The number of halogens is 1. The summed E-state index contributed by atoms with van der Waals surface area (Å²) in [5, 5.41) is 15.5. The Morgan fingerprint density at radius 1 is 1.17 bits per heavy atom. The minimum absolute atomic E-state index is 0.0652. The van der Waals surface area contributed by atoms with Gasteiger partial charge in [-0.15, -0.1) is 0 Å². The van der Waals surface area contributed by atoms with Crippen LogP contribution in [0.5, 0.6) is 11.5 Å². The zero-order valence-corrected chi connectivity index (χ0v) is 12.6. The van der Waals surface area contributed by atoms with E-state index in [1.54, 1.807) is 6.07 Å². The van der Waals surface area contributed by atoms with Gasteiger partial charge in [-0.05, 0) is 42.5 Å².